The number of likely N-dealkylation sites (N-methyl/N-ethyl adjacent to an activating group) is 1. The Bertz CT molecular complexity index is 583. The average molecular weight is 303 g/mol. The van der Waals surface area contributed by atoms with Gasteiger partial charge in [-0.25, -0.2) is 0 Å². The van der Waals surface area contributed by atoms with Crippen LogP contribution in [-0.2, 0) is 17.8 Å². The van der Waals surface area contributed by atoms with Gasteiger partial charge in [0.2, 0.25) is 5.91 Å². The van der Waals surface area contributed by atoms with Gasteiger partial charge in [0.05, 0.1) is 6.04 Å². The fraction of sp³-hybridized carbons (Fsp3) is 0.235. The Morgan fingerprint density at radius 2 is 1.71 bits per heavy atom. The highest BCUT2D eigenvalue weighted by molar-refractivity contribution is 6.30. The number of nitrogens with two attached hydrogens (primary N) is 1. The highest BCUT2D eigenvalue weighted by Gasteiger charge is 2.18. The van der Waals surface area contributed by atoms with Gasteiger partial charge in [0, 0.05) is 18.6 Å². The number of nitrogens with zero attached hydrogens (tertiary/aromatic N) is 1. The number of halogens is 1. The van der Waals surface area contributed by atoms with E-state index in [0.717, 1.165) is 11.1 Å². The van der Waals surface area contributed by atoms with Crippen molar-refractivity contribution in [3.8, 4) is 0 Å². The number of amides is 1. The molecule has 4 heteroatoms. The molecule has 2 aromatic rings. The smallest absolute Gasteiger partial charge is 0.239 e. The van der Waals surface area contributed by atoms with Gasteiger partial charge in [0.25, 0.3) is 0 Å². The molecule has 2 rings (SSSR count). The molecule has 0 bridgehead atoms. The predicted molar refractivity (Wildman–Crippen MR) is 86.0 cm³/mol. The van der Waals surface area contributed by atoms with E-state index in [1.54, 1.807) is 11.9 Å². The number of carbonyl (C=O) groups is 1. The molecular formula is C17H19ClN2O. The Morgan fingerprint density at radius 1 is 1.10 bits per heavy atom. The van der Waals surface area contributed by atoms with E-state index in [2.05, 4.69) is 0 Å². The molecule has 0 aliphatic rings. The van der Waals surface area contributed by atoms with Crippen LogP contribution in [0.4, 0.5) is 0 Å². The zero-order valence-electron chi connectivity index (χ0n) is 12.0. The highest BCUT2D eigenvalue weighted by atomic mass is 35.5. The zero-order chi connectivity index (χ0) is 15.2. The Balaban J connectivity index is 1.93. The van der Waals surface area contributed by atoms with Crippen LogP contribution in [0.2, 0.25) is 5.02 Å². The molecular weight excluding hydrogens is 284 g/mol. The normalized spacial score (nSPS) is 12.0. The SMILES string of the molecule is CN(Cc1ccc(Cl)cc1)C(=O)[C@@H](N)Cc1ccccc1. The van der Waals surface area contributed by atoms with E-state index >= 15 is 0 Å². The molecule has 0 heterocycles. The van der Waals surface area contributed by atoms with Gasteiger partial charge in [0.1, 0.15) is 0 Å². The van der Waals surface area contributed by atoms with E-state index in [1.165, 1.54) is 0 Å². The van der Waals surface area contributed by atoms with E-state index in [1.807, 2.05) is 54.6 Å². The van der Waals surface area contributed by atoms with Gasteiger partial charge in [-0.15, -0.1) is 0 Å². The van der Waals surface area contributed by atoms with E-state index < -0.39 is 6.04 Å². The minimum Gasteiger partial charge on any atom is -0.340 e. The lowest BCUT2D eigenvalue weighted by Crippen LogP contribution is -2.42. The van der Waals surface area contributed by atoms with Crippen molar-refractivity contribution in [2.24, 2.45) is 5.73 Å². The summed E-state index contributed by atoms with van der Waals surface area (Å²) < 4.78 is 0. The van der Waals surface area contributed by atoms with Crippen LogP contribution in [0, 0.1) is 0 Å². The molecule has 0 saturated carbocycles. The molecule has 3 nitrogen and oxygen atoms in total. The third-order valence-electron chi connectivity index (χ3n) is 3.32. The lowest BCUT2D eigenvalue weighted by molar-refractivity contribution is -0.131. The summed E-state index contributed by atoms with van der Waals surface area (Å²) in [5.74, 6) is -0.0613. The zero-order valence-corrected chi connectivity index (χ0v) is 12.8. The summed E-state index contributed by atoms with van der Waals surface area (Å²) in [6.07, 6.45) is 0.546. The van der Waals surface area contributed by atoms with Crippen LogP contribution >= 0.6 is 11.6 Å². The van der Waals surface area contributed by atoms with Gasteiger partial charge >= 0.3 is 0 Å². The number of carbonyl (C=O) groups excluding carboxylic acids is 1. The summed E-state index contributed by atoms with van der Waals surface area (Å²) >= 11 is 5.85. The molecule has 0 radical (unpaired) electrons. The van der Waals surface area contributed by atoms with Crippen LogP contribution in [0.3, 0.4) is 0 Å². The Kier molecular flexibility index (Phi) is 5.37. The fourth-order valence-electron chi connectivity index (χ4n) is 2.18. The van der Waals surface area contributed by atoms with Crippen molar-refractivity contribution in [1.82, 2.24) is 4.90 Å². The monoisotopic (exact) mass is 302 g/mol. The average Bonchev–Trinajstić information content (AvgIpc) is 2.49. The third kappa shape index (κ3) is 4.59. The van der Waals surface area contributed by atoms with Crippen molar-refractivity contribution in [2.45, 2.75) is 19.0 Å². The molecule has 21 heavy (non-hydrogen) atoms. The third-order valence-corrected chi connectivity index (χ3v) is 3.58. The quantitative estimate of drug-likeness (QED) is 0.923. The molecule has 0 aromatic heterocycles. The second-order valence-electron chi connectivity index (χ2n) is 5.12. The predicted octanol–water partition coefficient (Wildman–Crippen LogP) is 2.87. The first-order valence-electron chi connectivity index (χ1n) is 6.85. The van der Waals surface area contributed by atoms with Gasteiger partial charge in [-0.1, -0.05) is 54.1 Å². The molecule has 2 aromatic carbocycles. The van der Waals surface area contributed by atoms with Gasteiger partial charge < -0.3 is 10.6 Å². The summed E-state index contributed by atoms with van der Waals surface area (Å²) in [4.78, 5) is 13.9. The molecule has 0 fully saturated rings. The topological polar surface area (TPSA) is 46.3 Å². The maximum Gasteiger partial charge on any atom is 0.239 e. The minimum absolute atomic E-state index is 0.0613. The van der Waals surface area contributed by atoms with Gasteiger partial charge in [-0.2, -0.15) is 0 Å². The van der Waals surface area contributed by atoms with E-state index in [9.17, 15) is 4.79 Å². The summed E-state index contributed by atoms with van der Waals surface area (Å²) in [5, 5.41) is 0.688. The van der Waals surface area contributed by atoms with Gasteiger partial charge in [0.15, 0.2) is 0 Å². The summed E-state index contributed by atoms with van der Waals surface area (Å²) in [7, 11) is 1.77. The van der Waals surface area contributed by atoms with Crippen molar-refractivity contribution in [1.29, 1.82) is 0 Å². The fourth-order valence-corrected chi connectivity index (χ4v) is 2.31. The highest BCUT2D eigenvalue weighted by Crippen LogP contribution is 2.12. The Labute approximate surface area is 130 Å². The molecule has 1 amide bonds. The van der Waals surface area contributed by atoms with Crippen LogP contribution in [0.25, 0.3) is 0 Å². The van der Waals surface area contributed by atoms with Gasteiger partial charge in [-0.05, 0) is 29.7 Å². The van der Waals surface area contributed by atoms with Crippen molar-refractivity contribution in [3.05, 3.63) is 70.7 Å². The minimum atomic E-state index is -0.523. The van der Waals surface area contributed by atoms with Crippen LogP contribution < -0.4 is 5.73 Å². The number of benzene rings is 2. The lowest BCUT2D eigenvalue weighted by Gasteiger charge is -2.21. The molecule has 110 valence electrons. The summed E-state index contributed by atoms with van der Waals surface area (Å²) in [6, 6.07) is 16.7. The van der Waals surface area contributed by atoms with E-state index in [4.69, 9.17) is 17.3 Å². The number of hydrogen-bond acceptors (Lipinski definition) is 2. The van der Waals surface area contributed by atoms with Gasteiger partial charge in [-0.3, -0.25) is 4.79 Å². The number of hydrogen-bond donors (Lipinski definition) is 1. The van der Waals surface area contributed by atoms with E-state index in [0.29, 0.717) is 18.0 Å². The van der Waals surface area contributed by atoms with Crippen LogP contribution in [0.5, 0.6) is 0 Å². The second-order valence-corrected chi connectivity index (χ2v) is 5.55. The van der Waals surface area contributed by atoms with Crippen molar-refractivity contribution in [2.75, 3.05) is 7.05 Å². The second kappa shape index (κ2) is 7.25. The molecule has 0 spiro atoms. The molecule has 0 aliphatic heterocycles. The van der Waals surface area contributed by atoms with Crippen LogP contribution in [0.1, 0.15) is 11.1 Å². The molecule has 2 N–H and O–H groups in total. The maximum absolute atomic E-state index is 12.3. The lowest BCUT2D eigenvalue weighted by atomic mass is 10.1. The van der Waals surface area contributed by atoms with Crippen molar-refractivity contribution < 1.29 is 4.79 Å². The summed E-state index contributed by atoms with van der Waals surface area (Å²) in [5.41, 5.74) is 8.11. The molecule has 0 unspecified atom stereocenters. The van der Waals surface area contributed by atoms with Crippen molar-refractivity contribution >= 4 is 17.5 Å². The first kappa shape index (κ1) is 15.5. The largest absolute Gasteiger partial charge is 0.340 e. The maximum atomic E-state index is 12.3. The van der Waals surface area contributed by atoms with Crippen LogP contribution in [-0.4, -0.2) is 23.9 Å². The number of rotatable bonds is 5. The first-order valence-corrected chi connectivity index (χ1v) is 7.23. The standard InChI is InChI=1S/C17H19ClN2O/c1-20(12-14-7-9-15(18)10-8-14)17(21)16(19)11-13-5-3-2-4-6-13/h2-10,16H,11-12,19H2,1H3/t16-/m0/s1. The summed E-state index contributed by atoms with van der Waals surface area (Å²) in [6.45, 7) is 0.526. The Hall–Kier alpha value is -1.84. The van der Waals surface area contributed by atoms with Crippen LogP contribution in [0.15, 0.2) is 54.6 Å². The molecule has 0 aliphatic carbocycles. The molecule has 0 saturated heterocycles. The first-order chi connectivity index (χ1) is 10.1. The van der Waals surface area contributed by atoms with E-state index in [-0.39, 0.29) is 5.91 Å². The molecule has 1 atom stereocenters. The van der Waals surface area contributed by atoms with Crippen molar-refractivity contribution in [3.63, 3.8) is 0 Å². The Morgan fingerprint density at radius 3 is 2.33 bits per heavy atom.